The second-order valence-corrected chi connectivity index (χ2v) is 4.69. The van der Waals surface area contributed by atoms with Crippen LogP contribution in [0.5, 0.6) is 0 Å². The second kappa shape index (κ2) is 5.64. The molecule has 0 fully saturated rings. The molecule has 2 rings (SSSR count). The van der Waals surface area contributed by atoms with Gasteiger partial charge in [-0.05, 0) is 30.3 Å². The smallest absolute Gasteiger partial charge is 0.251 e. The first kappa shape index (κ1) is 12.6. The molecule has 0 saturated heterocycles. The molecule has 0 saturated carbocycles. The predicted octanol–water partition coefficient (Wildman–Crippen LogP) is 2.36. The third-order valence-corrected chi connectivity index (χ3v) is 2.80. The van der Waals surface area contributed by atoms with E-state index in [0.29, 0.717) is 17.8 Å². The van der Waals surface area contributed by atoms with Gasteiger partial charge in [-0.1, -0.05) is 22.0 Å². The Hall–Kier alpha value is -1.88. The quantitative estimate of drug-likeness (QED) is 0.855. The lowest BCUT2D eigenvalue weighted by Gasteiger charge is -2.06. The zero-order valence-corrected chi connectivity index (χ0v) is 11.1. The van der Waals surface area contributed by atoms with Gasteiger partial charge in [-0.25, -0.2) is 0 Å². The molecular formula is C13H12BrN3O. The van der Waals surface area contributed by atoms with Crippen molar-refractivity contribution in [3.05, 3.63) is 58.3 Å². The van der Waals surface area contributed by atoms with E-state index in [0.717, 1.165) is 10.2 Å². The maximum Gasteiger partial charge on any atom is 0.251 e. The highest BCUT2D eigenvalue weighted by Crippen LogP contribution is 2.17. The lowest BCUT2D eigenvalue weighted by atomic mass is 10.2. The largest absolute Gasteiger partial charge is 0.399 e. The molecule has 5 heteroatoms. The van der Waals surface area contributed by atoms with Gasteiger partial charge in [-0.3, -0.25) is 9.78 Å². The van der Waals surface area contributed by atoms with Crippen molar-refractivity contribution in [1.29, 1.82) is 0 Å². The highest BCUT2D eigenvalue weighted by molar-refractivity contribution is 9.10. The highest BCUT2D eigenvalue weighted by Gasteiger charge is 2.07. The number of hydrogen-bond acceptors (Lipinski definition) is 3. The minimum atomic E-state index is -0.173. The summed E-state index contributed by atoms with van der Waals surface area (Å²) in [7, 11) is 0. The fourth-order valence-electron chi connectivity index (χ4n) is 1.52. The Kier molecular flexibility index (Phi) is 3.94. The molecule has 3 N–H and O–H groups in total. The SMILES string of the molecule is Nc1cc(Br)cc(C(=O)NCc2ccccn2)c1. The predicted molar refractivity (Wildman–Crippen MR) is 74.0 cm³/mol. The molecule has 1 heterocycles. The molecule has 0 spiro atoms. The van der Waals surface area contributed by atoms with Gasteiger partial charge in [0.1, 0.15) is 0 Å². The number of amides is 1. The first-order chi connectivity index (χ1) is 8.65. The van der Waals surface area contributed by atoms with Crippen molar-refractivity contribution < 1.29 is 4.79 Å². The summed E-state index contributed by atoms with van der Waals surface area (Å²) in [5, 5.41) is 2.79. The summed E-state index contributed by atoms with van der Waals surface area (Å²) in [4.78, 5) is 16.0. The summed E-state index contributed by atoms with van der Waals surface area (Å²) in [6.45, 7) is 0.395. The summed E-state index contributed by atoms with van der Waals surface area (Å²) >= 11 is 3.30. The number of nitrogens with two attached hydrogens (primary N) is 1. The van der Waals surface area contributed by atoms with Crippen LogP contribution < -0.4 is 11.1 Å². The van der Waals surface area contributed by atoms with Crippen molar-refractivity contribution in [1.82, 2.24) is 10.3 Å². The Morgan fingerprint density at radius 3 is 2.83 bits per heavy atom. The van der Waals surface area contributed by atoms with Crippen molar-refractivity contribution >= 4 is 27.5 Å². The molecule has 0 unspecified atom stereocenters. The molecule has 0 aliphatic heterocycles. The number of hydrogen-bond donors (Lipinski definition) is 2. The number of halogens is 1. The van der Waals surface area contributed by atoms with Crippen LogP contribution in [0.25, 0.3) is 0 Å². The Morgan fingerprint density at radius 2 is 2.17 bits per heavy atom. The molecule has 0 aliphatic carbocycles. The molecule has 92 valence electrons. The first-order valence-corrected chi connectivity index (χ1v) is 6.18. The zero-order chi connectivity index (χ0) is 13.0. The molecule has 0 radical (unpaired) electrons. The van der Waals surface area contributed by atoms with Gasteiger partial charge in [0.25, 0.3) is 5.91 Å². The summed E-state index contributed by atoms with van der Waals surface area (Å²) in [5.74, 6) is -0.173. The third-order valence-electron chi connectivity index (χ3n) is 2.34. The van der Waals surface area contributed by atoms with Crippen molar-refractivity contribution in [2.45, 2.75) is 6.54 Å². The van der Waals surface area contributed by atoms with E-state index in [-0.39, 0.29) is 5.91 Å². The third kappa shape index (κ3) is 3.30. The van der Waals surface area contributed by atoms with Crippen LogP contribution in [-0.2, 0) is 6.54 Å². The first-order valence-electron chi connectivity index (χ1n) is 5.39. The molecule has 4 nitrogen and oxygen atoms in total. The van der Waals surface area contributed by atoms with Gasteiger partial charge >= 0.3 is 0 Å². The van der Waals surface area contributed by atoms with Crippen molar-refractivity contribution in [2.24, 2.45) is 0 Å². The average Bonchev–Trinajstić information content (AvgIpc) is 2.36. The van der Waals surface area contributed by atoms with Gasteiger partial charge in [-0.2, -0.15) is 0 Å². The minimum absolute atomic E-state index is 0.173. The van der Waals surface area contributed by atoms with E-state index < -0.39 is 0 Å². The normalized spacial score (nSPS) is 10.1. The van der Waals surface area contributed by atoms with Gasteiger partial charge in [-0.15, -0.1) is 0 Å². The maximum atomic E-state index is 11.9. The summed E-state index contributed by atoms with van der Waals surface area (Å²) in [5.41, 5.74) is 7.57. The van der Waals surface area contributed by atoms with Gasteiger partial charge in [0, 0.05) is 21.9 Å². The van der Waals surface area contributed by atoms with Crippen LogP contribution in [-0.4, -0.2) is 10.9 Å². The number of rotatable bonds is 3. The molecule has 0 aliphatic rings. The average molecular weight is 306 g/mol. The number of nitrogens with one attached hydrogen (secondary N) is 1. The van der Waals surface area contributed by atoms with E-state index in [1.165, 1.54) is 0 Å². The Balaban J connectivity index is 2.04. The topological polar surface area (TPSA) is 68.0 Å². The monoisotopic (exact) mass is 305 g/mol. The van der Waals surface area contributed by atoms with Crippen molar-refractivity contribution in [3.8, 4) is 0 Å². The van der Waals surface area contributed by atoms with Gasteiger partial charge in [0.2, 0.25) is 0 Å². The van der Waals surface area contributed by atoms with E-state index in [2.05, 4.69) is 26.2 Å². The van der Waals surface area contributed by atoms with E-state index in [1.54, 1.807) is 24.4 Å². The van der Waals surface area contributed by atoms with Crippen LogP contribution in [0.3, 0.4) is 0 Å². The van der Waals surface area contributed by atoms with E-state index in [9.17, 15) is 4.79 Å². The number of aromatic nitrogens is 1. The van der Waals surface area contributed by atoms with Crippen LogP contribution in [0.2, 0.25) is 0 Å². The number of nitrogen functional groups attached to an aromatic ring is 1. The molecule has 1 aromatic heterocycles. The van der Waals surface area contributed by atoms with Crippen LogP contribution in [0, 0.1) is 0 Å². The zero-order valence-electron chi connectivity index (χ0n) is 9.56. The number of pyridine rings is 1. The summed E-state index contributed by atoms with van der Waals surface area (Å²) in [6.07, 6.45) is 1.69. The molecular weight excluding hydrogens is 294 g/mol. The van der Waals surface area contributed by atoms with Crippen LogP contribution >= 0.6 is 15.9 Å². The number of anilines is 1. The maximum absolute atomic E-state index is 11.9. The molecule has 1 aromatic carbocycles. The van der Waals surface area contributed by atoms with Crippen molar-refractivity contribution in [2.75, 3.05) is 5.73 Å². The summed E-state index contributed by atoms with van der Waals surface area (Å²) < 4.78 is 0.783. The minimum Gasteiger partial charge on any atom is -0.399 e. The number of benzene rings is 1. The molecule has 2 aromatic rings. The van der Waals surface area contributed by atoms with Crippen LogP contribution in [0.1, 0.15) is 16.1 Å². The van der Waals surface area contributed by atoms with Crippen LogP contribution in [0.4, 0.5) is 5.69 Å². The van der Waals surface area contributed by atoms with Gasteiger partial charge in [0.15, 0.2) is 0 Å². The molecule has 18 heavy (non-hydrogen) atoms. The van der Waals surface area contributed by atoms with E-state index in [1.807, 2.05) is 18.2 Å². The molecule has 0 bridgehead atoms. The number of nitrogens with zero attached hydrogens (tertiary/aromatic N) is 1. The highest BCUT2D eigenvalue weighted by atomic mass is 79.9. The lowest BCUT2D eigenvalue weighted by Crippen LogP contribution is -2.23. The number of carbonyl (C=O) groups excluding carboxylic acids is 1. The fraction of sp³-hybridized carbons (Fsp3) is 0.0769. The van der Waals surface area contributed by atoms with Crippen molar-refractivity contribution in [3.63, 3.8) is 0 Å². The van der Waals surface area contributed by atoms with E-state index >= 15 is 0 Å². The lowest BCUT2D eigenvalue weighted by molar-refractivity contribution is 0.0950. The molecule has 1 amide bonds. The number of carbonyl (C=O) groups is 1. The Morgan fingerprint density at radius 1 is 1.33 bits per heavy atom. The molecule has 0 atom stereocenters. The second-order valence-electron chi connectivity index (χ2n) is 3.78. The Bertz CT molecular complexity index is 537. The van der Waals surface area contributed by atoms with Crippen LogP contribution in [0.15, 0.2) is 47.1 Å². The van der Waals surface area contributed by atoms with E-state index in [4.69, 9.17) is 5.73 Å². The van der Waals surface area contributed by atoms with Gasteiger partial charge < -0.3 is 11.1 Å². The summed E-state index contributed by atoms with van der Waals surface area (Å²) in [6, 6.07) is 10.7. The Labute approximate surface area is 113 Å². The van der Waals surface area contributed by atoms with Gasteiger partial charge in [0.05, 0.1) is 12.2 Å². The fourth-order valence-corrected chi connectivity index (χ4v) is 2.03. The standard InChI is InChI=1S/C13H12BrN3O/c14-10-5-9(6-11(15)7-10)13(18)17-8-12-3-1-2-4-16-12/h1-7H,8,15H2,(H,17,18).